The maximum absolute atomic E-state index is 5.79. The van der Waals surface area contributed by atoms with E-state index in [0.29, 0.717) is 17.5 Å². The van der Waals surface area contributed by atoms with Crippen molar-refractivity contribution in [3.8, 4) is 5.88 Å². The molecule has 2 heterocycles. The van der Waals surface area contributed by atoms with Crippen LogP contribution in [0.25, 0.3) is 10.9 Å². The van der Waals surface area contributed by atoms with Crippen LogP contribution in [0, 0.1) is 0 Å². The molecule has 2 N–H and O–H groups in total. The van der Waals surface area contributed by atoms with E-state index in [4.69, 9.17) is 22.7 Å². The number of para-hydroxylation sites is 1. The van der Waals surface area contributed by atoms with Crippen molar-refractivity contribution in [1.82, 2.24) is 4.98 Å². The average Bonchev–Trinajstić information content (AvgIpc) is 2.97. The van der Waals surface area contributed by atoms with Gasteiger partial charge in [-0.2, -0.15) is 0 Å². The molecule has 100 valence electrons. The van der Waals surface area contributed by atoms with Crippen LogP contribution in [0.4, 0.5) is 0 Å². The van der Waals surface area contributed by atoms with E-state index in [0.717, 1.165) is 21.3 Å². The number of hydrogen-bond donors (Lipinski definition) is 1. The number of ether oxygens (including phenoxy) is 1. The van der Waals surface area contributed by atoms with Crippen LogP contribution < -0.4 is 10.5 Å². The summed E-state index contributed by atoms with van der Waals surface area (Å²) in [5.74, 6) is 0.542. The summed E-state index contributed by atoms with van der Waals surface area (Å²) in [6, 6.07) is 13.6. The second-order valence-corrected chi connectivity index (χ2v) is 5.73. The van der Waals surface area contributed by atoms with E-state index in [-0.39, 0.29) is 0 Å². The summed E-state index contributed by atoms with van der Waals surface area (Å²) in [7, 11) is 0. The minimum atomic E-state index is 0.351. The van der Waals surface area contributed by atoms with Crippen molar-refractivity contribution in [2.75, 3.05) is 0 Å². The smallest absolute Gasteiger partial charge is 0.214 e. The van der Waals surface area contributed by atoms with Gasteiger partial charge >= 0.3 is 0 Å². The van der Waals surface area contributed by atoms with Crippen molar-refractivity contribution in [2.24, 2.45) is 5.73 Å². The summed E-state index contributed by atoms with van der Waals surface area (Å²) >= 11 is 6.76. The van der Waals surface area contributed by atoms with Gasteiger partial charge in [-0.15, -0.1) is 11.3 Å². The Bertz CT molecular complexity index is 754. The number of thiocarbonyl (C=S) groups is 1. The molecule has 0 saturated heterocycles. The van der Waals surface area contributed by atoms with E-state index in [1.807, 2.05) is 41.8 Å². The Hall–Kier alpha value is -1.98. The molecule has 0 fully saturated rings. The zero-order valence-corrected chi connectivity index (χ0v) is 12.2. The monoisotopic (exact) mass is 300 g/mol. The quantitative estimate of drug-likeness (QED) is 0.749. The highest BCUT2D eigenvalue weighted by Gasteiger charge is 2.08. The molecule has 0 saturated carbocycles. The van der Waals surface area contributed by atoms with Crippen molar-refractivity contribution >= 4 is 39.4 Å². The van der Waals surface area contributed by atoms with Gasteiger partial charge in [0.15, 0.2) is 0 Å². The van der Waals surface area contributed by atoms with Crippen LogP contribution in [0.2, 0.25) is 0 Å². The highest BCUT2D eigenvalue weighted by Crippen LogP contribution is 2.23. The molecule has 0 radical (unpaired) electrons. The number of pyridine rings is 1. The molecular formula is C15H12N2OS2. The average molecular weight is 300 g/mol. The molecule has 0 spiro atoms. The van der Waals surface area contributed by atoms with E-state index in [2.05, 4.69) is 4.98 Å². The molecule has 2 aromatic heterocycles. The third-order valence-corrected chi connectivity index (χ3v) is 3.97. The van der Waals surface area contributed by atoms with Gasteiger partial charge in [0.05, 0.1) is 5.52 Å². The van der Waals surface area contributed by atoms with Gasteiger partial charge < -0.3 is 10.5 Å². The third kappa shape index (κ3) is 2.64. The first kappa shape index (κ1) is 13.0. The van der Waals surface area contributed by atoms with Crippen LogP contribution in [0.3, 0.4) is 0 Å². The van der Waals surface area contributed by atoms with Crippen molar-refractivity contribution in [3.63, 3.8) is 0 Å². The van der Waals surface area contributed by atoms with Crippen LogP contribution >= 0.6 is 23.6 Å². The molecule has 3 nitrogen and oxygen atoms in total. The molecule has 0 unspecified atom stereocenters. The highest BCUT2D eigenvalue weighted by atomic mass is 32.1. The fourth-order valence-electron chi connectivity index (χ4n) is 1.97. The van der Waals surface area contributed by atoms with Gasteiger partial charge in [0.25, 0.3) is 0 Å². The van der Waals surface area contributed by atoms with E-state index in [9.17, 15) is 0 Å². The van der Waals surface area contributed by atoms with E-state index in [1.165, 1.54) is 0 Å². The second kappa shape index (κ2) is 5.56. The molecule has 0 aliphatic rings. The summed E-state index contributed by atoms with van der Waals surface area (Å²) in [6.45, 7) is 0.500. The number of fused-ring (bicyclic) bond motifs is 1. The van der Waals surface area contributed by atoms with Crippen molar-refractivity contribution < 1.29 is 4.74 Å². The molecule has 0 aliphatic carbocycles. The van der Waals surface area contributed by atoms with Crippen LogP contribution in [-0.2, 0) is 6.61 Å². The lowest BCUT2D eigenvalue weighted by Gasteiger charge is -2.09. The summed E-state index contributed by atoms with van der Waals surface area (Å²) in [6.07, 6.45) is 0. The summed E-state index contributed by atoms with van der Waals surface area (Å²) in [5.41, 5.74) is 7.42. The van der Waals surface area contributed by atoms with Crippen molar-refractivity contribution in [2.45, 2.75) is 6.61 Å². The number of hydrogen-bond acceptors (Lipinski definition) is 4. The van der Waals surface area contributed by atoms with Gasteiger partial charge in [-0.25, -0.2) is 4.98 Å². The molecule has 3 aromatic rings. The SMILES string of the molecule is NC(=S)c1cc(OCc2cccs2)nc2ccccc12. The Morgan fingerprint density at radius 3 is 2.85 bits per heavy atom. The van der Waals surface area contributed by atoms with Crippen LogP contribution in [-0.4, -0.2) is 9.97 Å². The van der Waals surface area contributed by atoms with Crippen LogP contribution in [0.5, 0.6) is 5.88 Å². The fraction of sp³-hybridized carbons (Fsp3) is 0.0667. The van der Waals surface area contributed by atoms with Gasteiger partial charge in [0.2, 0.25) is 5.88 Å². The first-order chi connectivity index (χ1) is 9.74. The molecule has 0 amide bonds. The maximum atomic E-state index is 5.79. The minimum Gasteiger partial charge on any atom is -0.472 e. The standard InChI is InChI=1S/C15H12N2OS2/c16-15(19)12-8-14(18-9-10-4-3-7-20-10)17-13-6-2-1-5-11(12)13/h1-8H,9H2,(H2,16,19). The van der Waals surface area contributed by atoms with Crippen molar-refractivity contribution in [1.29, 1.82) is 0 Å². The molecule has 0 bridgehead atoms. The zero-order chi connectivity index (χ0) is 13.9. The lowest BCUT2D eigenvalue weighted by atomic mass is 10.1. The molecule has 0 aliphatic heterocycles. The molecule has 20 heavy (non-hydrogen) atoms. The largest absolute Gasteiger partial charge is 0.472 e. The molecular weight excluding hydrogens is 288 g/mol. The van der Waals surface area contributed by atoms with Gasteiger partial charge in [0.1, 0.15) is 11.6 Å². The third-order valence-electron chi connectivity index (χ3n) is 2.90. The summed E-state index contributed by atoms with van der Waals surface area (Å²) < 4.78 is 5.73. The lowest BCUT2D eigenvalue weighted by Crippen LogP contribution is -2.11. The number of thiophene rings is 1. The first-order valence-electron chi connectivity index (χ1n) is 6.09. The highest BCUT2D eigenvalue weighted by molar-refractivity contribution is 7.80. The Labute approximate surface area is 126 Å². The predicted octanol–water partition coefficient (Wildman–Crippen LogP) is 3.51. The van der Waals surface area contributed by atoms with Gasteiger partial charge in [-0.1, -0.05) is 36.5 Å². The summed E-state index contributed by atoms with van der Waals surface area (Å²) in [5, 5.41) is 2.97. The van der Waals surface area contributed by atoms with Gasteiger partial charge in [0, 0.05) is 21.9 Å². The number of rotatable bonds is 4. The normalized spacial score (nSPS) is 10.6. The Morgan fingerprint density at radius 2 is 2.10 bits per heavy atom. The predicted molar refractivity (Wildman–Crippen MR) is 86.3 cm³/mol. The Balaban J connectivity index is 1.97. The van der Waals surface area contributed by atoms with Crippen LogP contribution in [0.1, 0.15) is 10.4 Å². The zero-order valence-electron chi connectivity index (χ0n) is 10.6. The summed E-state index contributed by atoms with van der Waals surface area (Å²) in [4.78, 5) is 5.99. The van der Waals surface area contributed by atoms with Gasteiger partial charge in [-0.05, 0) is 17.5 Å². The topological polar surface area (TPSA) is 48.1 Å². The molecule has 3 rings (SSSR count). The van der Waals surface area contributed by atoms with E-state index < -0.39 is 0 Å². The Kier molecular flexibility index (Phi) is 3.62. The first-order valence-corrected chi connectivity index (χ1v) is 7.37. The molecule has 5 heteroatoms. The molecule has 1 aromatic carbocycles. The number of nitrogens with zero attached hydrogens (tertiary/aromatic N) is 1. The van der Waals surface area contributed by atoms with E-state index in [1.54, 1.807) is 17.4 Å². The number of benzene rings is 1. The minimum absolute atomic E-state index is 0.351. The molecule has 0 atom stereocenters. The number of nitrogens with two attached hydrogens (primary N) is 1. The van der Waals surface area contributed by atoms with Gasteiger partial charge in [-0.3, -0.25) is 0 Å². The maximum Gasteiger partial charge on any atom is 0.214 e. The van der Waals surface area contributed by atoms with Crippen LogP contribution in [0.15, 0.2) is 47.8 Å². The van der Waals surface area contributed by atoms with E-state index >= 15 is 0 Å². The second-order valence-electron chi connectivity index (χ2n) is 4.26. The van der Waals surface area contributed by atoms with Crippen molar-refractivity contribution in [3.05, 3.63) is 58.3 Å². The lowest BCUT2D eigenvalue weighted by molar-refractivity contribution is 0.298. The fourth-order valence-corrected chi connectivity index (χ4v) is 2.75. The number of aromatic nitrogens is 1. The Morgan fingerprint density at radius 1 is 1.25 bits per heavy atom.